The fourth-order valence-electron chi connectivity index (χ4n) is 8.60. The number of anilines is 1. The smallest absolute Gasteiger partial charge is 0.250 e. The molecule has 62 heavy (non-hydrogen) atoms. The van der Waals surface area contributed by atoms with Crippen molar-refractivity contribution in [3.63, 3.8) is 0 Å². The van der Waals surface area contributed by atoms with Gasteiger partial charge in [0.1, 0.15) is 18.1 Å². The highest BCUT2D eigenvalue weighted by Crippen LogP contribution is 2.36. The largest absolute Gasteiger partial charge is 0.376 e. The molecule has 12 heteroatoms. The number of hydrogen-bond acceptors (Lipinski definition) is 7. The third-order valence-electron chi connectivity index (χ3n) is 12.4. The molecule has 2 aliphatic carbocycles. The lowest BCUT2D eigenvalue weighted by Crippen LogP contribution is -2.51. The van der Waals surface area contributed by atoms with Gasteiger partial charge >= 0.3 is 0 Å². The van der Waals surface area contributed by atoms with Gasteiger partial charge in [0.15, 0.2) is 0 Å². The predicted octanol–water partition coefficient (Wildman–Crippen LogP) is 6.40. The molecule has 9 rings (SSSR count). The van der Waals surface area contributed by atoms with Crippen LogP contribution >= 0.6 is 0 Å². The van der Waals surface area contributed by atoms with Gasteiger partial charge in [0.2, 0.25) is 23.6 Å². The van der Waals surface area contributed by atoms with Crippen molar-refractivity contribution in [1.29, 1.82) is 0 Å². The summed E-state index contributed by atoms with van der Waals surface area (Å²) < 4.78 is 0. The van der Waals surface area contributed by atoms with Crippen molar-refractivity contribution < 1.29 is 24.3 Å². The van der Waals surface area contributed by atoms with Crippen LogP contribution in [0.5, 0.6) is 0 Å². The van der Waals surface area contributed by atoms with Crippen LogP contribution in [0.15, 0.2) is 115 Å². The average Bonchev–Trinajstić information content (AvgIpc) is 4.18. The van der Waals surface area contributed by atoms with E-state index in [9.17, 15) is 24.3 Å². The Hall–Kier alpha value is -6.55. The van der Waals surface area contributed by atoms with Gasteiger partial charge in [-0.15, -0.1) is 0 Å². The second-order valence-corrected chi connectivity index (χ2v) is 16.9. The van der Waals surface area contributed by atoms with Crippen LogP contribution in [0.3, 0.4) is 0 Å². The maximum atomic E-state index is 14.0. The number of rotatable bonds is 13. The molecule has 2 aliphatic heterocycles. The Morgan fingerprint density at radius 3 is 1.92 bits per heavy atom. The second-order valence-electron chi connectivity index (χ2n) is 16.9. The summed E-state index contributed by atoms with van der Waals surface area (Å²) in [6, 6.07) is 32.0. The lowest BCUT2D eigenvalue weighted by atomic mass is 10.0. The number of aromatic amines is 1. The highest BCUT2D eigenvalue weighted by molar-refractivity contribution is 5.95. The van der Waals surface area contributed by atoms with E-state index in [4.69, 9.17) is 4.98 Å². The molecule has 1 aromatic heterocycles. The van der Waals surface area contributed by atoms with Gasteiger partial charge in [-0.1, -0.05) is 84.6 Å². The molecule has 4 fully saturated rings. The van der Waals surface area contributed by atoms with Crippen LogP contribution in [-0.4, -0.2) is 73.9 Å². The Kier molecular flexibility index (Phi) is 12.0. The fourth-order valence-corrected chi connectivity index (χ4v) is 8.60. The first-order chi connectivity index (χ1) is 30.3. The van der Waals surface area contributed by atoms with Gasteiger partial charge < -0.3 is 30.9 Å². The summed E-state index contributed by atoms with van der Waals surface area (Å²) in [5.41, 5.74) is 5.61. The number of aliphatic hydroxyl groups is 1. The van der Waals surface area contributed by atoms with E-state index in [-0.39, 0.29) is 41.5 Å². The van der Waals surface area contributed by atoms with Gasteiger partial charge in [0.05, 0.1) is 30.0 Å². The quantitative estimate of drug-likeness (QED) is 0.0860. The molecule has 1 unspecified atom stereocenters. The van der Waals surface area contributed by atoms with Crippen molar-refractivity contribution in [3.05, 3.63) is 143 Å². The van der Waals surface area contributed by atoms with E-state index in [1.165, 1.54) is 0 Å². The zero-order chi connectivity index (χ0) is 42.6. The molecule has 4 aromatic carbocycles. The molecule has 5 aromatic rings. The topological polar surface area (TPSA) is 160 Å². The van der Waals surface area contributed by atoms with E-state index >= 15 is 0 Å². The Balaban J connectivity index is 0.808. The molecule has 5 atom stereocenters. The van der Waals surface area contributed by atoms with Crippen molar-refractivity contribution in [1.82, 2.24) is 30.4 Å². The van der Waals surface area contributed by atoms with Crippen molar-refractivity contribution >= 4 is 29.3 Å². The Bertz CT molecular complexity index is 2450. The summed E-state index contributed by atoms with van der Waals surface area (Å²) in [5, 5.41) is 20.7. The van der Waals surface area contributed by atoms with E-state index in [2.05, 4.69) is 32.8 Å². The molecule has 12 nitrogen and oxygen atoms in total. The van der Waals surface area contributed by atoms with E-state index in [0.717, 1.165) is 84.3 Å². The maximum absolute atomic E-state index is 14.0. The van der Waals surface area contributed by atoms with Gasteiger partial charge in [-0.2, -0.15) is 0 Å². The number of nitrogens with one attached hydrogen (secondary N) is 4. The number of hydrogen-bond donors (Lipinski definition) is 5. The Labute approximate surface area is 361 Å². The van der Waals surface area contributed by atoms with Crippen molar-refractivity contribution in [2.75, 3.05) is 18.4 Å². The van der Waals surface area contributed by atoms with Gasteiger partial charge in [0, 0.05) is 41.7 Å². The maximum Gasteiger partial charge on any atom is 0.250 e. The standard InChI is InChI=1S/C50H51N7O5/c58-46(37-23-24-37)54-43(35-9-3-1-4-10-35)49(61)56-29-7-13-41(56)45-51-31-40(53-45)34-21-17-32(18-22-34)15-16-33-19-27-39(28-20-33)52-48(60)42-14-8-30-57(42)50(62)44(36-11-5-2-6-12-36)55-47(59)38-25-26-38/h1-6,9-12,17-22,27-28,31,37-38,41-44,50,62H,7-8,13-14,23-26,29-30H2,(H,51,53)(H,52,60)(H,54,58)(H,55,59)/t41-,42-,43+,44+,50?/m0/s1. The van der Waals surface area contributed by atoms with Crippen LogP contribution in [0.4, 0.5) is 5.69 Å². The predicted molar refractivity (Wildman–Crippen MR) is 235 cm³/mol. The average molecular weight is 830 g/mol. The molecule has 4 aliphatic rings. The van der Waals surface area contributed by atoms with Crippen LogP contribution in [0, 0.1) is 23.7 Å². The summed E-state index contributed by atoms with van der Waals surface area (Å²) in [5.74, 6) is 6.70. The monoisotopic (exact) mass is 829 g/mol. The summed E-state index contributed by atoms with van der Waals surface area (Å²) in [6.45, 7) is 1.14. The van der Waals surface area contributed by atoms with Crippen LogP contribution in [0.2, 0.25) is 0 Å². The highest BCUT2D eigenvalue weighted by atomic mass is 16.3. The number of carbonyl (C=O) groups is 4. The minimum Gasteiger partial charge on any atom is -0.376 e. The van der Waals surface area contributed by atoms with Gasteiger partial charge in [0.25, 0.3) is 0 Å². The number of imidazole rings is 1. The van der Waals surface area contributed by atoms with Gasteiger partial charge in [-0.05, 0) is 104 Å². The van der Waals surface area contributed by atoms with Crippen molar-refractivity contribution in [2.45, 2.75) is 81.8 Å². The minimum atomic E-state index is -1.06. The zero-order valence-electron chi connectivity index (χ0n) is 34.5. The number of aromatic nitrogens is 2. The molecule has 2 saturated heterocycles. The first kappa shape index (κ1) is 40.8. The number of benzene rings is 4. The van der Waals surface area contributed by atoms with Crippen LogP contribution in [0.1, 0.15) is 97.6 Å². The third-order valence-corrected chi connectivity index (χ3v) is 12.4. The molecule has 3 heterocycles. The molecular formula is C50H51N7O5. The Morgan fingerprint density at radius 2 is 1.27 bits per heavy atom. The number of H-pyrrole nitrogens is 1. The summed E-state index contributed by atoms with van der Waals surface area (Å²) in [6.07, 6.45) is 7.16. The molecule has 0 radical (unpaired) electrons. The van der Waals surface area contributed by atoms with Crippen molar-refractivity contribution in [2.24, 2.45) is 11.8 Å². The SMILES string of the molecule is O=C(N[C@H](c1ccccc1)C(O)N1CCC[C@H]1C(=O)Nc1ccc(C#Cc2ccc(-c3cnc([C@@H]4CCCN4C(=O)[C@H](NC(=O)C4CC4)c4ccccc4)[nH]3)cc2)cc1)C1CC1. The Morgan fingerprint density at radius 1 is 0.677 bits per heavy atom. The van der Waals surface area contributed by atoms with Crippen molar-refractivity contribution in [3.8, 4) is 23.1 Å². The zero-order valence-corrected chi connectivity index (χ0v) is 34.5. The van der Waals surface area contributed by atoms with E-state index in [1.54, 1.807) is 11.1 Å². The molecular weight excluding hydrogens is 779 g/mol. The highest BCUT2D eigenvalue weighted by Gasteiger charge is 2.41. The lowest BCUT2D eigenvalue weighted by Gasteiger charge is -2.34. The molecule has 0 spiro atoms. The second kappa shape index (κ2) is 18.2. The molecule has 0 bridgehead atoms. The fraction of sp³-hybridized carbons (Fsp3) is 0.340. The van der Waals surface area contributed by atoms with Gasteiger partial charge in [-0.25, -0.2) is 4.98 Å². The normalized spacial score (nSPS) is 20.0. The number of aliphatic hydroxyl groups excluding tert-OH is 1. The van der Waals surface area contributed by atoms with Crippen LogP contribution < -0.4 is 16.0 Å². The minimum absolute atomic E-state index is 0.00634. The number of likely N-dealkylation sites (tertiary alicyclic amines) is 2. The molecule has 4 amide bonds. The molecule has 316 valence electrons. The van der Waals surface area contributed by atoms with E-state index < -0.39 is 24.4 Å². The van der Waals surface area contributed by atoms with Gasteiger partial charge in [-0.3, -0.25) is 24.1 Å². The van der Waals surface area contributed by atoms with Crippen LogP contribution in [-0.2, 0) is 19.2 Å². The number of amides is 4. The molecule has 5 N–H and O–H groups in total. The number of nitrogens with zero attached hydrogens (tertiary/aromatic N) is 3. The lowest BCUT2D eigenvalue weighted by molar-refractivity contribution is -0.138. The summed E-state index contributed by atoms with van der Waals surface area (Å²) in [7, 11) is 0. The first-order valence-corrected chi connectivity index (χ1v) is 21.8. The summed E-state index contributed by atoms with van der Waals surface area (Å²) >= 11 is 0. The van der Waals surface area contributed by atoms with E-state index in [1.807, 2.05) is 114 Å². The third kappa shape index (κ3) is 9.34. The number of carbonyl (C=O) groups excluding carboxylic acids is 4. The first-order valence-electron chi connectivity index (χ1n) is 21.8. The van der Waals surface area contributed by atoms with Crippen LogP contribution in [0.25, 0.3) is 11.3 Å². The molecule has 2 saturated carbocycles. The summed E-state index contributed by atoms with van der Waals surface area (Å²) in [4.78, 5) is 65.0. The van der Waals surface area contributed by atoms with E-state index in [0.29, 0.717) is 25.2 Å².